The molecule has 0 radical (unpaired) electrons. The molecule has 1 aliphatic rings. The summed E-state index contributed by atoms with van der Waals surface area (Å²) in [5.74, 6) is -0.351. The number of benzene rings is 2. The van der Waals surface area contributed by atoms with E-state index in [1.807, 2.05) is 0 Å². The van der Waals surface area contributed by atoms with Gasteiger partial charge in [-0.2, -0.15) is 4.31 Å². The number of rotatable bonds is 6. The molecule has 2 aromatic carbocycles. The van der Waals surface area contributed by atoms with Gasteiger partial charge in [0.15, 0.2) is 0 Å². The lowest BCUT2D eigenvalue weighted by Crippen LogP contribution is -2.43. The SMILES string of the molecule is COc1ccc(S(=O)(=O)N2CCC[C@@H](C(=O)Nc3cccc([N+](=O)[O-])c3C)C2)cc1. The number of ether oxygens (including phenoxy) is 1. The molecule has 1 amide bonds. The van der Waals surface area contributed by atoms with Crippen LogP contribution in [0.4, 0.5) is 11.4 Å². The van der Waals surface area contributed by atoms with Crippen molar-refractivity contribution in [2.75, 3.05) is 25.5 Å². The van der Waals surface area contributed by atoms with Crippen molar-refractivity contribution in [3.05, 3.63) is 58.1 Å². The van der Waals surface area contributed by atoms with Gasteiger partial charge in [0, 0.05) is 19.2 Å². The van der Waals surface area contributed by atoms with Crippen LogP contribution in [0.2, 0.25) is 0 Å². The first kappa shape index (κ1) is 21.7. The molecule has 3 rings (SSSR count). The minimum atomic E-state index is -3.74. The number of carbonyl (C=O) groups excluding carboxylic acids is 1. The maximum atomic E-state index is 13.0. The lowest BCUT2D eigenvalue weighted by molar-refractivity contribution is -0.385. The molecule has 9 nitrogen and oxygen atoms in total. The maximum absolute atomic E-state index is 13.0. The monoisotopic (exact) mass is 433 g/mol. The Morgan fingerprint density at radius 2 is 1.93 bits per heavy atom. The fourth-order valence-electron chi connectivity index (χ4n) is 3.46. The highest BCUT2D eigenvalue weighted by atomic mass is 32.2. The fourth-order valence-corrected chi connectivity index (χ4v) is 4.99. The number of sulfonamides is 1. The number of hydrogen-bond acceptors (Lipinski definition) is 6. The second-order valence-corrected chi connectivity index (χ2v) is 9.01. The zero-order valence-electron chi connectivity index (χ0n) is 16.7. The second-order valence-electron chi connectivity index (χ2n) is 7.07. The molecule has 0 bridgehead atoms. The van der Waals surface area contributed by atoms with Crippen molar-refractivity contribution in [3.63, 3.8) is 0 Å². The molecular weight excluding hydrogens is 410 g/mol. The number of nitrogens with one attached hydrogen (secondary N) is 1. The van der Waals surface area contributed by atoms with Crippen LogP contribution in [0.25, 0.3) is 0 Å². The number of nitrogens with zero attached hydrogens (tertiary/aromatic N) is 2. The molecule has 160 valence electrons. The summed E-state index contributed by atoms with van der Waals surface area (Å²) in [7, 11) is -2.24. The number of carbonyl (C=O) groups is 1. The Morgan fingerprint density at radius 1 is 1.23 bits per heavy atom. The van der Waals surface area contributed by atoms with Crippen LogP contribution in [-0.4, -0.2) is 43.8 Å². The van der Waals surface area contributed by atoms with Gasteiger partial charge in [0.25, 0.3) is 5.69 Å². The van der Waals surface area contributed by atoms with E-state index in [9.17, 15) is 23.3 Å². The molecule has 1 aliphatic heterocycles. The average Bonchev–Trinajstić information content (AvgIpc) is 2.75. The first-order valence-electron chi connectivity index (χ1n) is 9.43. The second kappa shape index (κ2) is 8.80. The molecule has 1 saturated heterocycles. The van der Waals surface area contributed by atoms with E-state index in [-0.39, 0.29) is 23.0 Å². The largest absolute Gasteiger partial charge is 0.497 e. The van der Waals surface area contributed by atoms with Crippen LogP contribution in [0.3, 0.4) is 0 Å². The van der Waals surface area contributed by atoms with E-state index in [0.717, 1.165) is 0 Å². The third kappa shape index (κ3) is 4.44. The van der Waals surface area contributed by atoms with Crippen LogP contribution >= 0.6 is 0 Å². The summed E-state index contributed by atoms with van der Waals surface area (Å²) >= 11 is 0. The van der Waals surface area contributed by atoms with Crippen molar-refractivity contribution in [1.29, 1.82) is 0 Å². The number of piperidine rings is 1. The molecule has 10 heteroatoms. The Morgan fingerprint density at radius 3 is 2.57 bits per heavy atom. The topological polar surface area (TPSA) is 119 Å². The van der Waals surface area contributed by atoms with Crippen LogP contribution in [-0.2, 0) is 14.8 Å². The van der Waals surface area contributed by atoms with Gasteiger partial charge in [0.05, 0.1) is 34.1 Å². The van der Waals surface area contributed by atoms with E-state index in [1.54, 1.807) is 25.1 Å². The predicted octanol–water partition coefficient (Wildman–Crippen LogP) is 2.95. The molecular formula is C20H23N3O6S. The smallest absolute Gasteiger partial charge is 0.274 e. The normalized spacial score (nSPS) is 17.3. The van der Waals surface area contributed by atoms with E-state index >= 15 is 0 Å². The number of hydrogen-bond donors (Lipinski definition) is 1. The minimum Gasteiger partial charge on any atom is -0.497 e. The van der Waals surface area contributed by atoms with Gasteiger partial charge in [-0.3, -0.25) is 14.9 Å². The number of nitro groups is 1. The number of amides is 1. The Labute approximate surface area is 174 Å². The van der Waals surface area contributed by atoms with Gasteiger partial charge in [0.1, 0.15) is 5.75 Å². The first-order valence-corrected chi connectivity index (χ1v) is 10.9. The summed E-state index contributed by atoms with van der Waals surface area (Å²) < 4.78 is 32.3. The average molecular weight is 433 g/mol. The molecule has 1 fully saturated rings. The van der Waals surface area contributed by atoms with Gasteiger partial charge in [-0.1, -0.05) is 6.07 Å². The van der Waals surface area contributed by atoms with Gasteiger partial charge < -0.3 is 10.1 Å². The maximum Gasteiger partial charge on any atom is 0.274 e. The quantitative estimate of drug-likeness (QED) is 0.553. The van der Waals surface area contributed by atoms with Crippen molar-refractivity contribution in [2.24, 2.45) is 5.92 Å². The Kier molecular flexibility index (Phi) is 6.37. The number of nitro benzene ring substituents is 1. The molecule has 1 atom stereocenters. The molecule has 0 saturated carbocycles. The van der Waals surface area contributed by atoms with Gasteiger partial charge in [-0.05, 0) is 50.1 Å². The molecule has 1 N–H and O–H groups in total. The molecule has 0 aliphatic carbocycles. The van der Waals surface area contributed by atoms with Crippen LogP contribution in [0.1, 0.15) is 18.4 Å². The van der Waals surface area contributed by atoms with Crippen molar-refractivity contribution in [3.8, 4) is 5.75 Å². The summed E-state index contributed by atoms with van der Waals surface area (Å²) in [4.78, 5) is 23.5. The molecule has 0 unspecified atom stereocenters. The lowest BCUT2D eigenvalue weighted by Gasteiger charge is -2.31. The summed E-state index contributed by atoms with van der Waals surface area (Å²) in [5, 5.41) is 13.8. The van der Waals surface area contributed by atoms with Crippen molar-refractivity contribution >= 4 is 27.3 Å². The van der Waals surface area contributed by atoms with Crippen LogP contribution < -0.4 is 10.1 Å². The van der Waals surface area contributed by atoms with Crippen LogP contribution in [0.15, 0.2) is 47.4 Å². The van der Waals surface area contributed by atoms with Crippen LogP contribution in [0, 0.1) is 23.0 Å². The fraction of sp³-hybridized carbons (Fsp3) is 0.350. The minimum absolute atomic E-state index is 0.0498. The zero-order chi connectivity index (χ0) is 21.9. The molecule has 2 aromatic rings. The van der Waals surface area contributed by atoms with Crippen molar-refractivity contribution < 1.29 is 22.9 Å². The highest BCUT2D eigenvalue weighted by molar-refractivity contribution is 7.89. The van der Waals surface area contributed by atoms with E-state index in [1.165, 1.54) is 35.7 Å². The molecule has 0 aromatic heterocycles. The third-order valence-corrected chi connectivity index (χ3v) is 7.09. The Bertz CT molecular complexity index is 1050. The van der Waals surface area contributed by atoms with Crippen molar-refractivity contribution in [2.45, 2.75) is 24.7 Å². The Balaban J connectivity index is 1.75. The highest BCUT2D eigenvalue weighted by Crippen LogP contribution is 2.28. The van der Waals surface area contributed by atoms with Gasteiger partial charge >= 0.3 is 0 Å². The van der Waals surface area contributed by atoms with Crippen molar-refractivity contribution in [1.82, 2.24) is 4.31 Å². The first-order chi connectivity index (χ1) is 14.2. The highest BCUT2D eigenvalue weighted by Gasteiger charge is 2.33. The molecule has 30 heavy (non-hydrogen) atoms. The summed E-state index contributed by atoms with van der Waals surface area (Å²) in [6.45, 7) is 1.94. The van der Waals surface area contributed by atoms with Gasteiger partial charge in [0.2, 0.25) is 15.9 Å². The van der Waals surface area contributed by atoms with E-state index in [4.69, 9.17) is 4.74 Å². The van der Waals surface area contributed by atoms with Gasteiger partial charge in [-0.25, -0.2) is 8.42 Å². The van der Waals surface area contributed by atoms with E-state index in [0.29, 0.717) is 36.4 Å². The molecule has 0 spiro atoms. The summed E-state index contributed by atoms with van der Waals surface area (Å²) in [6, 6.07) is 10.6. The zero-order valence-corrected chi connectivity index (χ0v) is 17.5. The standard InChI is InChI=1S/C20H23N3O6S/c1-14-18(6-3-7-19(14)23(25)26)21-20(24)15-5-4-12-22(13-15)30(27,28)17-10-8-16(29-2)9-11-17/h3,6-11,15H,4-5,12-13H2,1-2H3,(H,21,24)/t15-/m1/s1. The summed E-state index contributed by atoms with van der Waals surface area (Å²) in [6.07, 6.45) is 1.08. The number of anilines is 1. The Hall–Kier alpha value is -2.98. The van der Waals surface area contributed by atoms with Gasteiger partial charge in [-0.15, -0.1) is 0 Å². The van der Waals surface area contributed by atoms with Crippen LogP contribution in [0.5, 0.6) is 5.75 Å². The lowest BCUT2D eigenvalue weighted by atomic mass is 9.98. The van der Waals surface area contributed by atoms with E-state index < -0.39 is 20.9 Å². The number of methoxy groups -OCH3 is 1. The third-order valence-electron chi connectivity index (χ3n) is 5.21. The predicted molar refractivity (Wildman–Crippen MR) is 111 cm³/mol. The summed E-state index contributed by atoms with van der Waals surface area (Å²) in [5.41, 5.74) is 0.624. The van der Waals surface area contributed by atoms with E-state index in [2.05, 4.69) is 5.32 Å². The molecule has 1 heterocycles.